The molecule has 3 rings (SSSR count). The van der Waals surface area contributed by atoms with Crippen molar-refractivity contribution >= 4 is 39.0 Å². The largest absolute Gasteiger partial charge is 0.323 e. The molecular weight excluding hydrogens is 452 g/mol. The Labute approximate surface area is 198 Å². The first-order valence-electron chi connectivity index (χ1n) is 10.3. The number of hydrogen-bond acceptors (Lipinski definition) is 4. The summed E-state index contributed by atoms with van der Waals surface area (Å²) in [4.78, 5) is 24.2. The third-order valence-corrected chi connectivity index (χ3v) is 6.45. The van der Waals surface area contributed by atoms with Crippen LogP contribution in [0.1, 0.15) is 6.92 Å². The highest BCUT2D eigenvalue weighted by Gasteiger charge is 2.18. The van der Waals surface area contributed by atoms with Gasteiger partial charge < -0.3 is 21.3 Å². The number of amides is 4. The molecule has 0 atom stereocenters. The summed E-state index contributed by atoms with van der Waals surface area (Å²) >= 11 is 0. The highest BCUT2D eigenvalue weighted by atomic mass is 32.2. The number of urea groups is 2. The molecular formula is C25H24N4O4S. The molecule has 3 aromatic carbocycles. The van der Waals surface area contributed by atoms with Crippen molar-refractivity contribution in [2.45, 2.75) is 16.7 Å². The van der Waals surface area contributed by atoms with E-state index < -0.39 is 21.9 Å². The zero-order chi connectivity index (χ0) is 24.6. The van der Waals surface area contributed by atoms with Crippen LogP contribution in [0.25, 0.3) is 0 Å². The lowest BCUT2D eigenvalue weighted by Gasteiger charge is -2.10. The topological polar surface area (TPSA) is 116 Å². The molecule has 0 aliphatic rings. The first kappa shape index (κ1) is 24.3. The number of carbonyl (C=O) groups is 2. The number of sulfone groups is 1. The van der Waals surface area contributed by atoms with E-state index in [1.165, 1.54) is 54.6 Å². The lowest BCUT2D eigenvalue weighted by atomic mass is 10.3. The second kappa shape index (κ2) is 11.0. The highest BCUT2D eigenvalue weighted by Crippen LogP contribution is 2.24. The normalized spacial score (nSPS) is 11.3. The van der Waals surface area contributed by atoms with E-state index in [0.29, 0.717) is 22.8 Å². The minimum absolute atomic E-state index is 0.0706. The summed E-state index contributed by atoms with van der Waals surface area (Å²) in [6, 6.07) is 19.7. The van der Waals surface area contributed by atoms with Crippen molar-refractivity contribution in [2.75, 3.05) is 16.0 Å². The van der Waals surface area contributed by atoms with Crippen molar-refractivity contribution in [2.24, 2.45) is 0 Å². The standard InChI is InChI=1S/C25H24N4O4S/c1-3-18(4-2)26-24(30)28-20-10-14-22(15-11-20)34(32,33)23-16-12-21(13-17-23)29-25(31)27-19-8-6-5-7-9-19/h3-17H,1H2,2H3,(H2,26,28,30)(H2,27,29,31)/b18-4+. The zero-order valence-corrected chi connectivity index (χ0v) is 19.2. The summed E-state index contributed by atoms with van der Waals surface area (Å²) in [5, 5.41) is 10.6. The van der Waals surface area contributed by atoms with E-state index in [9.17, 15) is 18.0 Å². The Morgan fingerprint density at radius 1 is 0.706 bits per heavy atom. The number of nitrogens with one attached hydrogen (secondary N) is 4. The van der Waals surface area contributed by atoms with Gasteiger partial charge in [0.15, 0.2) is 0 Å². The molecule has 0 aromatic heterocycles. The van der Waals surface area contributed by atoms with Crippen LogP contribution in [0, 0.1) is 0 Å². The number of rotatable bonds is 7. The van der Waals surface area contributed by atoms with E-state index in [0.717, 1.165) is 0 Å². The van der Waals surface area contributed by atoms with Gasteiger partial charge in [-0.3, -0.25) is 0 Å². The number of benzene rings is 3. The van der Waals surface area contributed by atoms with Gasteiger partial charge in [-0.2, -0.15) is 0 Å². The van der Waals surface area contributed by atoms with Crippen LogP contribution in [0.5, 0.6) is 0 Å². The molecule has 3 aromatic rings. The molecule has 0 radical (unpaired) electrons. The van der Waals surface area contributed by atoms with Gasteiger partial charge in [-0.25, -0.2) is 18.0 Å². The molecule has 4 N–H and O–H groups in total. The summed E-state index contributed by atoms with van der Waals surface area (Å²) in [6.45, 7) is 5.36. The van der Waals surface area contributed by atoms with Gasteiger partial charge in [0.05, 0.1) is 9.79 Å². The average molecular weight is 477 g/mol. The van der Waals surface area contributed by atoms with E-state index in [2.05, 4.69) is 27.8 Å². The molecule has 0 heterocycles. The minimum Gasteiger partial charge on any atom is -0.308 e. The van der Waals surface area contributed by atoms with Crippen LogP contribution in [0.3, 0.4) is 0 Å². The zero-order valence-electron chi connectivity index (χ0n) is 18.4. The smallest absolute Gasteiger partial charge is 0.308 e. The van der Waals surface area contributed by atoms with Gasteiger partial charge >= 0.3 is 12.1 Å². The summed E-state index contributed by atoms with van der Waals surface area (Å²) in [5.41, 5.74) is 2.06. The van der Waals surface area contributed by atoms with Gasteiger partial charge in [0.25, 0.3) is 0 Å². The molecule has 4 amide bonds. The Balaban J connectivity index is 1.64. The summed E-state index contributed by atoms with van der Waals surface area (Å²) in [5.74, 6) is 0. The van der Waals surface area contributed by atoms with Crippen molar-refractivity contribution in [3.63, 3.8) is 0 Å². The van der Waals surface area contributed by atoms with Gasteiger partial charge in [-0.1, -0.05) is 30.9 Å². The van der Waals surface area contributed by atoms with E-state index in [-0.39, 0.29) is 9.79 Å². The molecule has 174 valence electrons. The molecule has 8 nitrogen and oxygen atoms in total. The number of anilines is 3. The fourth-order valence-corrected chi connectivity index (χ4v) is 4.18. The van der Waals surface area contributed by atoms with E-state index >= 15 is 0 Å². The Morgan fingerprint density at radius 3 is 1.59 bits per heavy atom. The van der Waals surface area contributed by atoms with Gasteiger partial charge in [0.1, 0.15) is 0 Å². The Kier molecular flexibility index (Phi) is 7.83. The maximum Gasteiger partial charge on any atom is 0.323 e. The molecule has 0 saturated heterocycles. The molecule has 9 heteroatoms. The summed E-state index contributed by atoms with van der Waals surface area (Å²) in [7, 11) is -3.78. The van der Waals surface area contributed by atoms with Crippen molar-refractivity contribution in [1.82, 2.24) is 5.32 Å². The molecule has 0 aliphatic carbocycles. The van der Waals surface area contributed by atoms with Crippen molar-refractivity contribution < 1.29 is 18.0 Å². The van der Waals surface area contributed by atoms with Crippen LogP contribution in [-0.4, -0.2) is 20.5 Å². The van der Waals surface area contributed by atoms with Crippen LogP contribution >= 0.6 is 0 Å². The third kappa shape index (κ3) is 6.33. The predicted octanol–water partition coefficient (Wildman–Crippen LogP) is 5.37. The van der Waals surface area contributed by atoms with Crippen LogP contribution < -0.4 is 21.3 Å². The highest BCUT2D eigenvalue weighted by molar-refractivity contribution is 7.91. The number of allylic oxidation sites excluding steroid dienone is 2. The molecule has 34 heavy (non-hydrogen) atoms. The average Bonchev–Trinajstić information content (AvgIpc) is 2.83. The van der Waals surface area contributed by atoms with Crippen LogP contribution in [0.2, 0.25) is 0 Å². The fourth-order valence-electron chi connectivity index (χ4n) is 2.92. The minimum atomic E-state index is -3.78. The molecule has 0 fully saturated rings. The Morgan fingerprint density at radius 2 is 1.15 bits per heavy atom. The number of para-hydroxylation sites is 1. The third-order valence-electron chi connectivity index (χ3n) is 4.67. The van der Waals surface area contributed by atoms with Crippen LogP contribution in [0.15, 0.2) is 113 Å². The SMILES string of the molecule is C=C/C(=C\C)NC(=O)Nc1ccc(S(=O)(=O)c2ccc(NC(=O)Nc3ccccc3)cc2)cc1. The lowest BCUT2D eigenvalue weighted by molar-refractivity contribution is 0.254. The van der Waals surface area contributed by atoms with Crippen LogP contribution in [0.4, 0.5) is 26.7 Å². The second-order valence-electron chi connectivity index (χ2n) is 7.02. The second-order valence-corrected chi connectivity index (χ2v) is 8.97. The first-order valence-corrected chi connectivity index (χ1v) is 11.7. The van der Waals surface area contributed by atoms with Gasteiger partial charge in [0.2, 0.25) is 9.84 Å². The molecule has 0 saturated carbocycles. The van der Waals surface area contributed by atoms with Crippen molar-refractivity contribution in [3.8, 4) is 0 Å². The Bertz CT molecular complexity index is 1300. The molecule has 0 bridgehead atoms. The summed E-state index contributed by atoms with van der Waals surface area (Å²) < 4.78 is 25.9. The number of hydrogen-bond donors (Lipinski definition) is 4. The molecule has 0 spiro atoms. The predicted molar refractivity (Wildman–Crippen MR) is 134 cm³/mol. The van der Waals surface area contributed by atoms with Gasteiger partial charge in [-0.15, -0.1) is 0 Å². The number of carbonyl (C=O) groups excluding carboxylic acids is 2. The fraction of sp³-hybridized carbons (Fsp3) is 0.0400. The van der Waals surface area contributed by atoms with Gasteiger partial charge in [0, 0.05) is 22.8 Å². The molecule has 0 aliphatic heterocycles. The quantitative estimate of drug-likeness (QED) is 0.343. The monoisotopic (exact) mass is 476 g/mol. The van der Waals surface area contributed by atoms with Crippen molar-refractivity contribution in [1.29, 1.82) is 0 Å². The van der Waals surface area contributed by atoms with Gasteiger partial charge in [-0.05, 0) is 73.7 Å². The van der Waals surface area contributed by atoms with E-state index in [1.807, 2.05) is 6.07 Å². The Hall–Kier alpha value is -4.37. The first-order chi connectivity index (χ1) is 16.3. The van der Waals surface area contributed by atoms with Crippen LogP contribution in [-0.2, 0) is 9.84 Å². The lowest BCUT2D eigenvalue weighted by Crippen LogP contribution is -2.27. The van der Waals surface area contributed by atoms with E-state index in [1.54, 1.807) is 37.3 Å². The summed E-state index contributed by atoms with van der Waals surface area (Å²) in [6.07, 6.45) is 3.20. The van der Waals surface area contributed by atoms with E-state index in [4.69, 9.17) is 0 Å². The maximum absolute atomic E-state index is 12.9. The maximum atomic E-state index is 12.9. The molecule has 0 unspecified atom stereocenters. The van der Waals surface area contributed by atoms with Crippen molar-refractivity contribution in [3.05, 3.63) is 103 Å².